The smallest absolute Gasteiger partial charge is 0.306 e. The summed E-state index contributed by atoms with van der Waals surface area (Å²) >= 11 is 0. The number of aliphatic hydroxyl groups excluding tert-OH is 1. The maximum absolute atomic E-state index is 10.7. The summed E-state index contributed by atoms with van der Waals surface area (Å²) in [6, 6.07) is 0. The molecule has 3 atom stereocenters. The van der Waals surface area contributed by atoms with Crippen LogP contribution in [0, 0.1) is 11.8 Å². The zero-order valence-electron chi connectivity index (χ0n) is 6.91. The number of aliphatic hydroxyl groups is 1. The van der Waals surface area contributed by atoms with Gasteiger partial charge in [-0.15, -0.1) is 0 Å². The van der Waals surface area contributed by atoms with Gasteiger partial charge in [-0.25, -0.2) is 0 Å². The summed E-state index contributed by atoms with van der Waals surface area (Å²) in [6.07, 6.45) is 0.112. The minimum Gasteiger partial charge on any atom is -0.465 e. The molecule has 0 aromatic rings. The van der Waals surface area contributed by atoms with E-state index in [0.29, 0.717) is 13.0 Å². The van der Waals surface area contributed by atoms with E-state index in [1.807, 2.05) is 6.92 Å². The van der Waals surface area contributed by atoms with Gasteiger partial charge in [0.2, 0.25) is 0 Å². The van der Waals surface area contributed by atoms with Gasteiger partial charge in [-0.1, -0.05) is 6.92 Å². The summed E-state index contributed by atoms with van der Waals surface area (Å²) in [7, 11) is 0. The molecule has 1 N–H and O–H groups in total. The molecule has 64 valence electrons. The van der Waals surface area contributed by atoms with Crippen LogP contribution in [0.25, 0.3) is 0 Å². The first-order valence-corrected chi connectivity index (χ1v) is 3.95. The van der Waals surface area contributed by atoms with Crippen molar-refractivity contribution in [1.82, 2.24) is 0 Å². The van der Waals surface area contributed by atoms with E-state index in [2.05, 4.69) is 0 Å². The Balaban J connectivity index is 2.43. The van der Waals surface area contributed by atoms with Gasteiger partial charge < -0.3 is 9.84 Å². The van der Waals surface area contributed by atoms with E-state index >= 15 is 0 Å². The van der Waals surface area contributed by atoms with E-state index in [4.69, 9.17) is 4.74 Å². The zero-order chi connectivity index (χ0) is 8.43. The van der Waals surface area contributed by atoms with Crippen molar-refractivity contribution >= 4 is 5.97 Å². The van der Waals surface area contributed by atoms with Gasteiger partial charge in [-0.05, 0) is 12.8 Å². The van der Waals surface area contributed by atoms with E-state index in [-0.39, 0.29) is 23.9 Å². The van der Waals surface area contributed by atoms with Gasteiger partial charge in [0.05, 0.1) is 19.1 Å². The molecule has 0 amide bonds. The normalized spacial score (nSPS) is 29.7. The second-order valence-corrected chi connectivity index (χ2v) is 3.25. The van der Waals surface area contributed by atoms with Crippen LogP contribution in [0.4, 0.5) is 0 Å². The van der Waals surface area contributed by atoms with Crippen LogP contribution < -0.4 is 0 Å². The fourth-order valence-electron chi connectivity index (χ4n) is 1.26. The van der Waals surface area contributed by atoms with Crippen molar-refractivity contribution in [1.29, 1.82) is 0 Å². The maximum Gasteiger partial charge on any atom is 0.306 e. The Hall–Kier alpha value is -0.570. The molecule has 3 unspecified atom stereocenters. The highest BCUT2D eigenvalue weighted by molar-refractivity contribution is 5.71. The van der Waals surface area contributed by atoms with Gasteiger partial charge >= 0.3 is 5.97 Å². The molecule has 1 aliphatic rings. The highest BCUT2D eigenvalue weighted by Gasteiger charge is 2.30. The van der Waals surface area contributed by atoms with Gasteiger partial charge in [0, 0.05) is 5.92 Å². The standard InChI is InChI=1S/C8H14O3/c1-5(6(2)9)7-3-8(10)11-4-7/h5-7,9H,3-4H2,1-2H3. The number of hydrogen-bond acceptors (Lipinski definition) is 3. The van der Waals surface area contributed by atoms with E-state index in [1.165, 1.54) is 0 Å². The van der Waals surface area contributed by atoms with Crippen LogP contribution in [0.3, 0.4) is 0 Å². The highest BCUT2D eigenvalue weighted by atomic mass is 16.5. The fraction of sp³-hybridized carbons (Fsp3) is 0.875. The maximum atomic E-state index is 10.7. The van der Waals surface area contributed by atoms with Crippen molar-refractivity contribution in [3.8, 4) is 0 Å². The van der Waals surface area contributed by atoms with Crippen molar-refractivity contribution in [2.24, 2.45) is 11.8 Å². The van der Waals surface area contributed by atoms with Crippen molar-refractivity contribution in [3.63, 3.8) is 0 Å². The summed E-state index contributed by atoms with van der Waals surface area (Å²) in [6.45, 7) is 4.16. The predicted octanol–water partition coefficient (Wildman–Crippen LogP) is 0.566. The summed E-state index contributed by atoms with van der Waals surface area (Å²) in [5.41, 5.74) is 0. The first kappa shape index (κ1) is 8.53. The van der Waals surface area contributed by atoms with Crippen molar-refractivity contribution in [2.75, 3.05) is 6.61 Å². The van der Waals surface area contributed by atoms with E-state index in [0.717, 1.165) is 0 Å². The second kappa shape index (κ2) is 3.22. The topological polar surface area (TPSA) is 46.5 Å². The van der Waals surface area contributed by atoms with Crippen molar-refractivity contribution < 1.29 is 14.6 Å². The third-order valence-electron chi connectivity index (χ3n) is 2.39. The summed E-state index contributed by atoms with van der Waals surface area (Å²) in [4.78, 5) is 10.7. The lowest BCUT2D eigenvalue weighted by Crippen LogP contribution is -2.22. The number of carbonyl (C=O) groups is 1. The third-order valence-corrected chi connectivity index (χ3v) is 2.39. The van der Waals surface area contributed by atoms with Crippen LogP contribution in [0.5, 0.6) is 0 Å². The zero-order valence-corrected chi connectivity index (χ0v) is 6.91. The Morgan fingerprint density at radius 3 is 2.64 bits per heavy atom. The third kappa shape index (κ3) is 1.93. The number of hydrogen-bond donors (Lipinski definition) is 1. The quantitative estimate of drug-likeness (QED) is 0.597. The number of ether oxygens (including phenoxy) is 1. The lowest BCUT2D eigenvalue weighted by molar-refractivity contribution is -0.137. The number of esters is 1. The van der Waals surface area contributed by atoms with E-state index < -0.39 is 0 Å². The van der Waals surface area contributed by atoms with Gasteiger partial charge in [0.15, 0.2) is 0 Å². The molecule has 1 fully saturated rings. The highest BCUT2D eigenvalue weighted by Crippen LogP contribution is 2.24. The van der Waals surface area contributed by atoms with Gasteiger partial charge in [-0.3, -0.25) is 4.79 Å². The molecule has 1 heterocycles. The van der Waals surface area contributed by atoms with Crippen LogP contribution >= 0.6 is 0 Å². The molecule has 0 aromatic heterocycles. The molecule has 0 radical (unpaired) electrons. The van der Waals surface area contributed by atoms with Crippen molar-refractivity contribution in [3.05, 3.63) is 0 Å². The number of carbonyl (C=O) groups excluding carboxylic acids is 1. The van der Waals surface area contributed by atoms with Gasteiger partial charge in [0.1, 0.15) is 0 Å². The SMILES string of the molecule is CC(O)C(C)C1COC(=O)C1. The van der Waals surface area contributed by atoms with Crippen LogP contribution in [0.1, 0.15) is 20.3 Å². The molecular weight excluding hydrogens is 144 g/mol. The Kier molecular flexibility index (Phi) is 2.49. The molecule has 0 aromatic carbocycles. The second-order valence-electron chi connectivity index (χ2n) is 3.25. The molecule has 1 saturated heterocycles. The first-order chi connectivity index (χ1) is 5.11. The molecule has 3 heteroatoms. The minimum atomic E-state index is -0.352. The monoisotopic (exact) mass is 158 g/mol. The lowest BCUT2D eigenvalue weighted by atomic mass is 9.89. The van der Waals surface area contributed by atoms with Crippen molar-refractivity contribution in [2.45, 2.75) is 26.4 Å². The van der Waals surface area contributed by atoms with E-state index in [1.54, 1.807) is 6.92 Å². The van der Waals surface area contributed by atoms with Crippen LogP contribution in [-0.4, -0.2) is 23.8 Å². The molecule has 1 rings (SSSR count). The fourth-order valence-corrected chi connectivity index (χ4v) is 1.26. The Bertz CT molecular complexity index is 153. The van der Waals surface area contributed by atoms with Crippen LogP contribution in [0.2, 0.25) is 0 Å². The van der Waals surface area contributed by atoms with Gasteiger partial charge in [0.25, 0.3) is 0 Å². The molecule has 0 bridgehead atoms. The lowest BCUT2D eigenvalue weighted by Gasteiger charge is -2.18. The van der Waals surface area contributed by atoms with Crippen LogP contribution in [-0.2, 0) is 9.53 Å². The number of rotatable bonds is 2. The molecule has 1 aliphatic heterocycles. The van der Waals surface area contributed by atoms with Gasteiger partial charge in [-0.2, -0.15) is 0 Å². The summed E-state index contributed by atoms with van der Waals surface area (Å²) in [5.74, 6) is 0.228. The Labute approximate surface area is 66.4 Å². The average Bonchev–Trinajstić information content (AvgIpc) is 2.34. The Morgan fingerprint density at radius 1 is 1.64 bits per heavy atom. The first-order valence-electron chi connectivity index (χ1n) is 3.95. The van der Waals surface area contributed by atoms with E-state index in [9.17, 15) is 9.90 Å². The molecule has 3 nitrogen and oxygen atoms in total. The molecular formula is C8H14O3. The Morgan fingerprint density at radius 2 is 2.27 bits per heavy atom. The largest absolute Gasteiger partial charge is 0.465 e. The summed E-state index contributed by atoms with van der Waals surface area (Å²) in [5, 5.41) is 9.20. The summed E-state index contributed by atoms with van der Waals surface area (Å²) < 4.78 is 4.79. The molecule has 11 heavy (non-hydrogen) atoms. The molecule has 0 aliphatic carbocycles. The minimum absolute atomic E-state index is 0.137. The van der Waals surface area contributed by atoms with Crippen LogP contribution in [0.15, 0.2) is 0 Å². The molecule has 0 spiro atoms. The number of cyclic esters (lactones) is 1. The molecule has 0 saturated carbocycles. The predicted molar refractivity (Wildman–Crippen MR) is 39.9 cm³/mol. The average molecular weight is 158 g/mol.